The number of fused-ring (bicyclic) bond motifs is 1. The average molecular weight is 355 g/mol. The summed E-state index contributed by atoms with van der Waals surface area (Å²) >= 11 is 0. The number of benzene rings is 3. The molecule has 3 aromatic rings. The summed E-state index contributed by atoms with van der Waals surface area (Å²) in [7, 11) is 4.02. The van der Waals surface area contributed by atoms with Crippen LogP contribution in [0.15, 0.2) is 84.4 Å². The molecule has 1 aliphatic rings. The summed E-state index contributed by atoms with van der Waals surface area (Å²) in [4.78, 5) is 15.3. The summed E-state index contributed by atoms with van der Waals surface area (Å²) in [5, 5.41) is 0. The molecule has 0 aliphatic carbocycles. The zero-order valence-electron chi connectivity index (χ0n) is 15.4. The molecular weight excluding hydrogens is 334 g/mol. The first-order valence-corrected chi connectivity index (χ1v) is 8.98. The fourth-order valence-corrected chi connectivity index (χ4v) is 3.29. The van der Waals surface area contributed by atoms with Crippen molar-refractivity contribution in [3.63, 3.8) is 0 Å². The molecule has 0 saturated carbocycles. The highest BCUT2D eigenvalue weighted by molar-refractivity contribution is 6.14. The molecule has 27 heavy (non-hydrogen) atoms. The Labute approximate surface area is 159 Å². The third-order valence-corrected chi connectivity index (χ3v) is 4.76. The van der Waals surface area contributed by atoms with Gasteiger partial charge < -0.3 is 9.64 Å². The number of nitrogens with zero attached hydrogens (tertiary/aromatic N) is 1. The lowest BCUT2D eigenvalue weighted by Gasteiger charge is -2.28. The van der Waals surface area contributed by atoms with Crippen LogP contribution in [0.4, 0.5) is 5.69 Å². The number of para-hydroxylation sites is 1. The number of carbonyl (C=O) groups excluding carboxylic acids is 1. The highest BCUT2D eigenvalue weighted by Gasteiger charge is 2.32. The molecule has 1 unspecified atom stereocenters. The van der Waals surface area contributed by atoms with Crippen LogP contribution < -0.4 is 9.64 Å². The van der Waals surface area contributed by atoms with Gasteiger partial charge in [-0.05, 0) is 41.5 Å². The molecule has 0 N–H and O–H groups in total. The van der Waals surface area contributed by atoms with Gasteiger partial charge in [0.25, 0.3) is 0 Å². The van der Waals surface area contributed by atoms with Gasteiger partial charge in [0.1, 0.15) is 5.75 Å². The number of rotatable bonds is 3. The number of hydrogen-bond donors (Lipinski definition) is 0. The Morgan fingerprint density at radius 1 is 0.852 bits per heavy atom. The predicted molar refractivity (Wildman–Crippen MR) is 109 cm³/mol. The van der Waals surface area contributed by atoms with Crippen LogP contribution in [0.25, 0.3) is 6.08 Å². The molecule has 3 nitrogen and oxygen atoms in total. The second-order valence-corrected chi connectivity index (χ2v) is 6.82. The van der Waals surface area contributed by atoms with Crippen molar-refractivity contribution in [3.05, 3.63) is 101 Å². The Bertz CT molecular complexity index is 988. The van der Waals surface area contributed by atoms with Gasteiger partial charge >= 0.3 is 0 Å². The van der Waals surface area contributed by atoms with Crippen LogP contribution in [0.2, 0.25) is 0 Å². The second kappa shape index (κ2) is 7.12. The van der Waals surface area contributed by atoms with Gasteiger partial charge in [-0.3, -0.25) is 4.79 Å². The van der Waals surface area contributed by atoms with Crippen LogP contribution >= 0.6 is 0 Å². The van der Waals surface area contributed by atoms with Crippen LogP contribution in [-0.4, -0.2) is 19.9 Å². The molecule has 0 radical (unpaired) electrons. The molecule has 1 aliphatic heterocycles. The van der Waals surface area contributed by atoms with E-state index in [-0.39, 0.29) is 5.78 Å². The molecule has 1 heterocycles. The van der Waals surface area contributed by atoms with Crippen LogP contribution in [0.5, 0.6) is 5.75 Å². The standard InChI is InChI=1S/C24H21NO2/c1-25(2)19-14-12-17(13-15-19)16-21-23(26)20-10-6-7-11-22(20)27-24(21)18-8-4-3-5-9-18/h3-16,24H,1-2H3. The highest BCUT2D eigenvalue weighted by Crippen LogP contribution is 2.39. The Balaban J connectivity index is 1.80. The molecule has 134 valence electrons. The zero-order valence-corrected chi connectivity index (χ0v) is 15.4. The van der Waals surface area contributed by atoms with E-state index in [0.717, 1.165) is 16.8 Å². The van der Waals surface area contributed by atoms with Gasteiger partial charge in [-0.2, -0.15) is 0 Å². The van der Waals surface area contributed by atoms with Crippen molar-refractivity contribution in [2.24, 2.45) is 0 Å². The summed E-state index contributed by atoms with van der Waals surface area (Å²) in [5.74, 6) is 0.652. The van der Waals surface area contributed by atoms with E-state index in [1.807, 2.05) is 99.0 Å². The first kappa shape index (κ1) is 17.1. The van der Waals surface area contributed by atoms with E-state index in [1.54, 1.807) is 0 Å². The van der Waals surface area contributed by atoms with Crippen molar-refractivity contribution in [1.29, 1.82) is 0 Å². The molecule has 0 amide bonds. The van der Waals surface area contributed by atoms with Gasteiger partial charge in [-0.1, -0.05) is 54.6 Å². The van der Waals surface area contributed by atoms with E-state index in [2.05, 4.69) is 4.90 Å². The molecule has 0 saturated heterocycles. The van der Waals surface area contributed by atoms with Crippen LogP contribution in [-0.2, 0) is 0 Å². The molecule has 0 spiro atoms. The normalized spacial score (nSPS) is 17.3. The number of Topliss-reactive ketones (excluding diaryl/α,β-unsaturated/α-hetero) is 1. The molecule has 1 atom stereocenters. The van der Waals surface area contributed by atoms with Gasteiger partial charge in [-0.15, -0.1) is 0 Å². The van der Waals surface area contributed by atoms with Gasteiger partial charge in [0.05, 0.1) is 5.56 Å². The summed E-state index contributed by atoms with van der Waals surface area (Å²) in [6, 6.07) is 25.5. The first-order chi connectivity index (χ1) is 13.1. The molecule has 0 bridgehead atoms. The summed E-state index contributed by atoms with van der Waals surface area (Å²) in [6.07, 6.45) is 1.53. The Hall–Kier alpha value is -3.33. The maximum Gasteiger partial charge on any atom is 0.196 e. The summed E-state index contributed by atoms with van der Waals surface area (Å²) < 4.78 is 6.24. The number of anilines is 1. The minimum absolute atomic E-state index is 0.0161. The van der Waals surface area contributed by atoms with E-state index in [9.17, 15) is 4.79 Å². The Morgan fingerprint density at radius 2 is 1.52 bits per heavy atom. The van der Waals surface area contributed by atoms with E-state index >= 15 is 0 Å². The fourth-order valence-electron chi connectivity index (χ4n) is 3.29. The Kier molecular flexibility index (Phi) is 4.51. The smallest absolute Gasteiger partial charge is 0.196 e. The Morgan fingerprint density at radius 3 is 2.22 bits per heavy atom. The van der Waals surface area contributed by atoms with E-state index < -0.39 is 6.10 Å². The third kappa shape index (κ3) is 3.36. The van der Waals surface area contributed by atoms with Gasteiger partial charge in [0.2, 0.25) is 0 Å². The first-order valence-electron chi connectivity index (χ1n) is 8.98. The van der Waals surface area contributed by atoms with Crippen LogP contribution in [0.1, 0.15) is 27.6 Å². The predicted octanol–water partition coefficient (Wildman–Crippen LogP) is 5.15. The molecule has 3 aromatic carbocycles. The molecule has 4 rings (SSSR count). The molecule has 3 heteroatoms. The maximum absolute atomic E-state index is 13.2. The highest BCUT2D eigenvalue weighted by atomic mass is 16.5. The van der Waals surface area contributed by atoms with Gasteiger partial charge in [0, 0.05) is 25.4 Å². The van der Waals surface area contributed by atoms with Crippen molar-refractivity contribution in [2.75, 3.05) is 19.0 Å². The van der Waals surface area contributed by atoms with E-state index in [4.69, 9.17) is 4.74 Å². The maximum atomic E-state index is 13.2. The van der Waals surface area contributed by atoms with Crippen LogP contribution in [0.3, 0.4) is 0 Å². The summed E-state index contributed by atoms with van der Waals surface area (Å²) in [6.45, 7) is 0. The monoisotopic (exact) mass is 355 g/mol. The fraction of sp³-hybridized carbons (Fsp3) is 0.125. The largest absolute Gasteiger partial charge is 0.480 e. The quantitative estimate of drug-likeness (QED) is 0.608. The lowest BCUT2D eigenvalue weighted by Crippen LogP contribution is -2.23. The molecule has 0 aromatic heterocycles. The molecule has 0 fully saturated rings. The number of hydrogen-bond acceptors (Lipinski definition) is 3. The second-order valence-electron chi connectivity index (χ2n) is 6.82. The number of ketones is 1. The van der Waals surface area contributed by atoms with E-state index in [1.165, 1.54) is 0 Å². The topological polar surface area (TPSA) is 29.5 Å². The van der Waals surface area contributed by atoms with Crippen molar-refractivity contribution in [1.82, 2.24) is 0 Å². The van der Waals surface area contributed by atoms with E-state index in [0.29, 0.717) is 16.9 Å². The third-order valence-electron chi connectivity index (χ3n) is 4.76. The van der Waals surface area contributed by atoms with Gasteiger partial charge in [-0.25, -0.2) is 0 Å². The minimum Gasteiger partial charge on any atom is -0.480 e. The minimum atomic E-state index is -0.415. The van der Waals surface area contributed by atoms with Gasteiger partial charge in [0.15, 0.2) is 11.9 Å². The van der Waals surface area contributed by atoms with Crippen molar-refractivity contribution in [2.45, 2.75) is 6.10 Å². The zero-order chi connectivity index (χ0) is 18.8. The van der Waals surface area contributed by atoms with Crippen molar-refractivity contribution < 1.29 is 9.53 Å². The number of carbonyl (C=O) groups is 1. The lowest BCUT2D eigenvalue weighted by atomic mass is 9.89. The average Bonchev–Trinajstić information content (AvgIpc) is 2.71. The summed E-state index contributed by atoms with van der Waals surface area (Å²) in [5.41, 5.74) is 4.33. The number of ether oxygens (including phenoxy) is 1. The lowest BCUT2D eigenvalue weighted by molar-refractivity contribution is 0.0963. The van der Waals surface area contributed by atoms with Crippen molar-refractivity contribution in [3.8, 4) is 5.75 Å². The SMILES string of the molecule is CN(C)c1ccc(C=C2C(=O)c3ccccc3OC2c2ccccc2)cc1. The van der Waals surface area contributed by atoms with Crippen molar-refractivity contribution >= 4 is 17.5 Å². The molecular formula is C24H21NO2. The van der Waals surface area contributed by atoms with Crippen LogP contribution in [0, 0.1) is 0 Å².